The van der Waals surface area contributed by atoms with E-state index in [2.05, 4.69) is 25.8 Å². The average Bonchev–Trinajstić information content (AvgIpc) is 3.14. The van der Waals surface area contributed by atoms with Crippen molar-refractivity contribution in [3.63, 3.8) is 0 Å². The fourth-order valence-electron chi connectivity index (χ4n) is 4.29. The van der Waals surface area contributed by atoms with Crippen LogP contribution in [0, 0.1) is 0 Å². The Balaban J connectivity index is 1.26. The van der Waals surface area contributed by atoms with Crippen molar-refractivity contribution in [2.75, 3.05) is 5.32 Å². The van der Waals surface area contributed by atoms with Crippen LogP contribution in [0.1, 0.15) is 61.0 Å². The molecule has 0 spiro atoms. The quantitative estimate of drug-likeness (QED) is 0.428. The predicted octanol–water partition coefficient (Wildman–Crippen LogP) is 4.13. The third-order valence-corrected chi connectivity index (χ3v) is 6.43. The van der Waals surface area contributed by atoms with E-state index in [0.29, 0.717) is 28.7 Å². The number of benzene rings is 1. The van der Waals surface area contributed by atoms with E-state index < -0.39 is 0 Å². The summed E-state index contributed by atoms with van der Waals surface area (Å²) in [5.74, 6) is 1.31. The van der Waals surface area contributed by atoms with Crippen molar-refractivity contribution in [3.8, 4) is 5.75 Å². The van der Waals surface area contributed by atoms with Gasteiger partial charge in [-0.15, -0.1) is 0 Å². The van der Waals surface area contributed by atoms with Gasteiger partial charge in [-0.1, -0.05) is 0 Å². The number of hydrogen-bond donors (Lipinski definition) is 4. The molecule has 1 amide bonds. The second-order valence-corrected chi connectivity index (χ2v) is 8.93. The minimum absolute atomic E-state index is 0.0652. The van der Waals surface area contributed by atoms with Crippen LogP contribution in [-0.4, -0.2) is 44.3 Å². The zero-order valence-corrected chi connectivity index (χ0v) is 17.7. The minimum Gasteiger partial charge on any atom is -0.507 e. The van der Waals surface area contributed by atoms with Crippen LogP contribution in [0.3, 0.4) is 0 Å². The lowest BCUT2D eigenvalue weighted by Gasteiger charge is -2.16. The standard InChI is InChI=1S/C23H25N5O4/c1-23(7-8-23)26-22(31)32-14-3-2-13(10-14)18-11-20(28-27-18)25-21-16-4-5-19(30)17(12-29)15(16)6-9-24-21/h4-6,9,11-14,30H,2-3,7-8,10H2,1H3,(H,26,31)(H2,24,25,27,28). The molecule has 166 valence electrons. The summed E-state index contributed by atoms with van der Waals surface area (Å²) in [6, 6.07) is 6.82. The Morgan fingerprint density at radius 2 is 2.12 bits per heavy atom. The molecular weight excluding hydrogens is 410 g/mol. The number of aromatic hydroxyl groups is 1. The number of amides is 1. The van der Waals surface area contributed by atoms with E-state index in [1.54, 1.807) is 18.3 Å². The summed E-state index contributed by atoms with van der Waals surface area (Å²) < 4.78 is 5.60. The van der Waals surface area contributed by atoms with Crippen molar-refractivity contribution in [2.24, 2.45) is 0 Å². The Morgan fingerprint density at radius 3 is 2.91 bits per heavy atom. The molecule has 5 rings (SSSR count). The van der Waals surface area contributed by atoms with Gasteiger partial charge in [0.05, 0.1) is 5.56 Å². The topological polar surface area (TPSA) is 129 Å². The number of phenolic OH excluding ortho intramolecular Hbond substituents is 1. The van der Waals surface area contributed by atoms with Crippen molar-refractivity contribution < 1.29 is 19.4 Å². The van der Waals surface area contributed by atoms with E-state index in [1.165, 1.54) is 6.07 Å². The molecule has 2 aliphatic carbocycles. The van der Waals surface area contributed by atoms with E-state index in [0.717, 1.165) is 37.8 Å². The Hall–Kier alpha value is -3.62. The SMILES string of the molecule is CC1(NC(=O)OC2CCC(c3cc(Nc4nccc5c(C=O)c(O)ccc45)n[nH]3)C2)CC1. The number of aldehydes is 1. The maximum atomic E-state index is 12.1. The molecule has 3 aromatic rings. The van der Waals surface area contributed by atoms with Crippen LogP contribution < -0.4 is 10.6 Å². The summed E-state index contributed by atoms with van der Waals surface area (Å²) in [6.07, 6.45) is 6.27. The molecule has 2 atom stereocenters. The van der Waals surface area contributed by atoms with E-state index >= 15 is 0 Å². The van der Waals surface area contributed by atoms with Gasteiger partial charge in [0.1, 0.15) is 17.7 Å². The largest absolute Gasteiger partial charge is 0.507 e. The molecule has 2 aromatic heterocycles. The first-order valence-corrected chi connectivity index (χ1v) is 10.8. The minimum atomic E-state index is -0.328. The van der Waals surface area contributed by atoms with Crippen LogP contribution in [0.25, 0.3) is 10.8 Å². The van der Waals surface area contributed by atoms with Gasteiger partial charge in [0, 0.05) is 40.2 Å². The molecule has 9 heteroatoms. The van der Waals surface area contributed by atoms with Gasteiger partial charge in [-0.2, -0.15) is 5.10 Å². The summed E-state index contributed by atoms with van der Waals surface area (Å²) in [4.78, 5) is 27.8. The molecule has 0 radical (unpaired) electrons. The van der Waals surface area contributed by atoms with Gasteiger partial charge in [-0.3, -0.25) is 9.89 Å². The number of aromatic amines is 1. The number of nitrogens with one attached hydrogen (secondary N) is 3. The van der Waals surface area contributed by atoms with Crippen molar-refractivity contribution in [1.82, 2.24) is 20.5 Å². The lowest BCUT2D eigenvalue weighted by Crippen LogP contribution is -2.36. The number of nitrogens with zero attached hydrogens (tertiary/aromatic N) is 2. The Bertz CT molecular complexity index is 1190. The van der Waals surface area contributed by atoms with Crippen LogP contribution in [0.4, 0.5) is 16.4 Å². The molecule has 2 aliphatic rings. The van der Waals surface area contributed by atoms with E-state index in [-0.39, 0.29) is 35.0 Å². The molecule has 4 N–H and O–H groups in total. The highest BCUT2D eigenvalue weighted by atomic mass is 16.6. The zero-order valence-electron chi connectivity index (χ0n) is 17.7. The van der Waals surface area contributed by atoms with Crippen LogP contribution in [0.15, 0.2) is 30.5 Å². The maximum absolute atomic E-state index is 12.1. The zero-order chi connectivity index (χ0) is 22.3. The number of carbonyl (C=O) groups excluding carboxylic acids is 2. The highest BCUT2D eigenvalue weighted by Gasteiger charge is 2.40. The molecule has 9 nitrogen and oxygen atoms in total. The summed E-state index contributed by atoms with van der Waals surface area (Å²) in [7, 11) is 0. The van der Waals surface area contributed by atoms with Crippen molar-refractivity contribution in [2.45, 2.75) is 56.6 Å². The number of pyridine rings is 1. The van der Waals surface area contributed by atoms with Crippen LogP contribution in [-0.2, 0) is 4.74 Å². The van der Waals surface area contributed by atoms with Gasteiger partial charge in [-0.25, -0.2) is 9.78 Å². The lowest BCUT2D eigenvalue weighted by molar-refractivity contribution is 0.0966. The van der Waals surface area contributed by atoms with Crippen molar-refractivity contribution in [3.05, 3.63) is 41.7 Å². The molecule has 2 unspecified atom stereocenters. The Kier molecular flexibility index (Phi) is 4.96. The summed E-state index contributed by atoms with van der Waals surface area (Å²) >= 11 is 0. The number of ether oxygens (including phenoxy) is 1. The number of rotatable bonds is 6. The van der Waals surface area contributed by atoms with Gasteiger partial charge in [0.2, 0.25) is 0 Å². The summed E-state index contributed by atoms with van der Waals surface area (Å²) in [5, 5.41) is 24.8. The van der Waals surface area contributed by atoms with E-state index in [9.17, 15) is 14.7 Å². The first-order valence-electron chi connectivity index (χ1n) is 10.8. The molecular formula is C23H25N5O4. The first-order chi connectivity index (χ1) is 15.4. The maximum Gasteiger partial charge on any atom is 0.407 e. The second kappa shape index (κ2) is 7.81. The van der Waals surface area contributed by atoms with Gasteiger partial charge in [-0.05, 0) is 57.2 Å². The predicted molar refractivity (Wildman–Crippen MR) is 118 cm³/mol. The van der Waals surface area contributed by atoms with Crippen LogP contribution in [0.5, 0.6) is 5.75 Å². The molecule has 0 aliphatic heterocycles. The van der Waals surface area contributed by atoms with E-state index in [4.69, 9.17) is 4.74 Å². The fraction of sp³-hybridized carbons (Fsp3) is 0.391. The highest BCUT2D eigenvalue weighted by Crippen LogP contribution is 2.38. The monoisotopic (exact) mass is 435 g/mol. The first kappa shape index (κ1) is 20.3. The van der Waals surface area contributed by atoms with Gasteiger partial charge in [0.15, 0.2) is 12.1 Å². The molecule has 2 heterocycles. The van der Waals surface area contributed by atoms with Gasteiger partial charge in [0.25, 0.3) is 0 Å². The van der Waals surface area contributed by atoms with Gasteiger partial charge >= 0.3 is 6.09 Å². The third-order valence-electron chi connectivity index (χ3n) is 6.43. The number of carbonyl (C=O) groups is 2. The number of aromatic nitrogens is 3. The molecule has 2 saturated carbocycles. The number of H-pyrrole nitrogens is 1. The summed E-state index contributed by atoms with van der Waals surface area (Å²) in [6.45, 7) is 2.03. The number of hydrogen-bond acceptors (Lipinski definition) is 7. The number of phenols is 1. The van der Waals surface area contributed by atoms with Crippen LogP contribution >= 0.6 is 0 Å². The Morgan fingerprint density at radius 1 is 1.28 bits per heavy atom. The van der Waals surface area contributed by atoms with Gasteiger partial charge < -0.3 is 20.5 Å². The van der Waals surface area contributed by atoms with E-state index in [1.807, 2.05) is 13.0 Å². The average molecular weight is 435 g/mol. The Labute approximate surface area is 184 Å². The molecule has 32 heavy (non-hydrogen) atoms. The van der Waals surface area contributed by atoms with Crippen LogP contribution in [0.2, 0.25) is 0 Å². The number of alkyl carbamates (subject to hydrolysis) is 1. The molecule has 0 saturated heterocycles. The number of anilines is 2. The highest BCUT2D eigenvalue weighted by molar-refractivity contribution is 6.04. The lowest BCUT2D eigenvalue weighted by atomic mass is 10.0. The van der Waals surface area contributed by atoms with Crippen molar-refractivity contribution >= 4 is 34.8 Å². The smallest absolute Gasteiger partial charge is 0.407 e. The van der Waals surface area contributed by atoms with Crippen molar-refractivity contribution in [1.29, 1.82) is 0 Å². The second-order valence-electron chi connectivity index (χ2n) is 8.93. The fourth-order valence-corrected chi connectivity index (χ4v) is 4.29. The summed E-state index contributed by atoms with van der Waals surface area (Å²) in [5.41, 5.74) is 1.12. The normalized spacial score (nSPS) is 21.3. The molecule has 1 aromatic carbocycles. The third kappa shape index (κ3) is 3.98. The molecule has 0 bridgehead atoms. The number of fused-ring (bicyclic) bond motifs is 1. The molecule has 2 fully saturated rings.